The number of nitrogens with zero attached hydrogens (tertiary/aromatic N) is 2. The Morgan fingerprint density at radius 1 is 1.24 bits per heavy atom. The Labute approximate surface area is 129 Å². The summed E-state index contributed by atoms with van der Waals surface area (Å²) in [6.45, 7) is 2.42. The van der Waals surface area contributed by atoms with E-state index in [0.29, 0.717) is 30.6 Å². The normalized spacial score (nSPS) is 10.6. The van der Waals surface area contributed by atoms with Gasteiger partial charge in [-0.05, 0) is 24.3 Å². The van der Waals surface area contributed by atoms with Crippen molar-refractivity contribution in [2.75, 3.05) is 20.3 Å². The highest BCUT2D eigenvalue weighted by Crippen LogP contribution is 2.23. The molecule has 21 heavy (non-hydrogen) atoms. The van der Waals surface area contributed by atoms with E-state index in [4.69, 9.17) is 21.1 Å². The van der Waals surface area contributed by atoms with Gasteiger partial charge in [-0.2, -0.15) is 0 Å². The maximum absolute atomic E-state index is 6.04. The Morgan fingerprint density at radius 3 is 2.81 bits per heavy atom. The quantitative estimate of drug-likeness (QED) is 0.759. The van der Waals surface area contributed by atoms with E-state index in [9.17, 15) is 0 Å². The summed E-state index contributed by atoms with van der Waals surface area (Å²) in [6, 6.07) is 7.33. The highest BCUT2D eigenvalue weighted by Gasteiger charge is 2.06. The van der Waals surface area contributed by atoms with Crippen LogP contribution in [0.15, 0.2) is 36.7 Å². The molecule has 5 nitrogen and oxygen atoms in total. The van der Waals surface area contributed by atoms with Gasteiger partial charge in [0, 0.05) is 43.2 Å². The van der Waals surface area contributed by atoms with Gasteiger partial charge in [0.2, 0.25) is 0 Å². The zero-order valence-electron chi connectivity index (χ0n) is 11.9. The third-order valence-electron chi connectivity index (χ3n) is 2.80. The summed E-state index contributed by atoms with van der Waals surface area (Å²) >= 11 is 6.04. The van der Waals surface area contributed by atoms with Crippen LogP contribution >= 0.6 is 11.6 Å². The van der Waals surface area contributed by atoms with E-state index in [1.165, 1.54) is 0 Å². The fourth-order valence-electron chi connectivity index (χ4n) is 1.77. The average Bonchev–Trinajstić information content (AvgIpc) is 2.52. The predicted octanol–water partition coefficient (Wildman–Crippen LogP) is 2.45. The second kappa shape index (κ2) is 8.56. The molecular weight excluding hydrogens is 290 g/mol. The van der Waals surface area contributed by atoms with E-state index < -0.39 is 0 Å². The topological polar surface area (TPSA) is 56.3 Å². The van der Waals surface area contributed by atoms with Crippen LogP contribution in [0.2, 0.25) is 5.02 Å². The molecule has 0 radical (unpaired) electrons. The predicted molar refractivity (Wildman–Crippen MR) is 81.4 cm³/mol. The Bertz CT molecular complexity index is 552. The molecule has 0 aliphatic rings. The Hall–Kier alpha value is -1.69. The fraction of sp³-hybridized carbons (Fsp3) is 0.333. The van der Waals surface area contributed by atoms with Gasteiger partial charge in [-0.15, -0.1) is 0 Å². The fourth-order valence-corrected chi connectivity index (χ4v) is 1.97. The molecule has 0 bridgehead atoms. The number of methoxy groups -OCH3 is 1. The van der Waals surface area contributed by atoms with Crippen LogP contribution in [-0.4, -0.2) is 30.2 Å². The first kappa shape index (κ1) is 15.7. The number of hydrogen-bond acceptors (Lipinski definition) is 5. The molecule has 112 valence electrons. The van der Waals surface area contributed by atoms with Gasteiger partial charge < -0.3 is 14.8 Å². The molecule has 6 heteroatoms. The summed E-state index contributed by atoms with van der Waals surface area (Å²) < 4.78 is 10.8. The van der Waals surface area contributed by atoms with Crippen LogP contribution in [0.1, 0.15) is 11.4 Å². The first-order valence-electron chi connectivity index (χ1n) is 6.66. The molecule has 1 heterocycles. The standard InChI is InChI=1S/C15H18ClN3O2/c1-20-8-7-17-10-12-9-13(16)3-4-14(12)21-11-15-18-5-2-6-19-15/h2-6,9,17H,7-8,10-11H2,1H3. The summed E-state index contributed by atoms with van der Waals surface area (Å²) in [5.41, 5.74) is 0.995. The first-order valence-corrected chi connectivity index (χ1v) is 7.04. The number of aromatic nitrogens is 2. The van der Waals surface area contributed by atoms with E-state index in [1.807, 2.05) is 12.1 Å². The number of rotatable bonds is 8. The van der Waals surface area contributed by atoms with E-state index in [0.717, 1.165) is 17.9 Å². The minimum atomic E-state index is 0.327. The van der Waals surface area contributed by atoms with Crippen LogP contribution in [0, 0.1) is 0 Å². The first-order chi connectivity index (χ1) is 10.3. The minimum Gasteiger partial charge on any atom is -0.485 e. The Kier molecular flexibility index (Phi) is 6.40. The van der Waals surface area contributed by atoms with Crippen molar-refractivity contribution in [3.05, 3.63) is 53.1 Å². The van der Waals surface area contributed by atoms with Crippen LogP contribution in [-0.2, 0) is 17.9 Å². The molecule has 2 aromatic rings. The molecule has 1 aromatic carbocycles. The zero-order chi connectivity index (χ0) is 14.9. The maximum Gasteiger partial charge on any atom is 0.166 e. The van der Waals surface area contributed by atoms with Crippen LogP contribution in [0.4, 0.5) is 0 Å². The van der Waals surface area contributed by atoms with Gasteiger partial charge in [-0.25, -0.2) is 9.97 Å². The molecular formula is C15H18ClN3O2. The Morgan fingerprint density at radius 2 is 2.05 bits per heavy atom. The molecule has 0 fully saturated rings. The molecule has 0 spiro atoms. The highest BCUT2D eigenvalue weighted by molar-refractivity contribution is 6.30. The summed E-state index contributed by atoms with van der Waals surface area (Å²) in [5.74, 6) is 1.42. The van der Waals surface area contributed by atoms with Crippen molar-refractivity contribution in [1.29, 1.82) is 0 Å². The molecule has 1 N–H and O–H groups in total. The number of nitrogens with one attached hydrogen (secondary N) is 1. The second-order valence-corrected chi connectivity index (χ2v) is 4.81. The van der Waals surface area contributed by atoms with Gasteiger partial charge in [0.1, 0.15) is 12.4 Å². The molecule has 0 amide bonds. The molecule has 1 aromatic heterocycles. The van der Waals surface area contributed by atoms with Crippen LogP contribution in [0.5, 0.6) is 5.75 Å². The molecule has 0 saturated heterocycles. The van der Waals surface area contributed by atoms with Crippen molar-refractivity contribution in [3.63, 3.8) is 0 Å². The smallest absolute Gasteiger partial charge is 0.166 e. The minimum absolute atomic E-state index is 0.327. The second-order valence-electron chi connectivity index (χ2n) is 4.38. The monoisotopic (exact) mass is 307 g/mol. The lowest BCUT2D eigenvalue weighted by Crippen LogP contribution is -2.19. The van der Waals surface area contributed by atoms with Gasteiger partial charge in [-0.1, -0.05) is 11.6 Å². The van der Waals surface area contributed by atoms with E-state index >= 15 is 0 Å². The summed E-state index contributed by atoms with van der Waals surface area (Å²) in [4.78, 5) is 8.27. The van der Waals surface area contributed by atoms with Crippen LogP contribution in [0.25, 0.3) is 0 Å². The summed E-state index contributed by atoms with van der Waals surface area (Å²) in [6.07, 6.45) is 3.39. The largest absolute Gasteiger partial charge is 0.485 e. The van der Waals surface area contributed by atoms with Crippen molar-refractivity contribution in [2.24, 2.45) is 0 Å². The zero-order valence-corrected chi connectivity index (χ0v) is 12.6. The van der Waals surface area contributed by atoms with E-state index in [-0.39, 0.29) is 0 Å². The summed E-state index contributed by atoms with van der Waals surface area (Å²) in [7, 11) is 1.68. The van der Waals surface area contributed by atoms with Crippen molar-refractivity contribution in [2.45, 2.75) is 13.2 Å². The molecule has 0 atom stereocenters. The number of ether oxygens (including phenoxy) is 2. The van der Waals surface area contributed by atoms with Crippen molar-refractivity contribution >= 4 is 11.6 Å². The van der Waals surface area contributed by atoms with Crippen molar-refractivity contribution < 1.29 is 9.47 Å². The van der Waals surface area contributed by atoms with Crippen LogP contribution < -0.4 is 10.1 Å². The number of hydrogen-bond donors (Lipinski definition) is 1. The van der Waals surface area contributed by atoms with Gasteiger partial charge in [0.05, 0.1) is 6.61 Å². The van der Waals surface area contributed by atoms with Gasteiger partial charge in [0.25, 0.3) is 0 Å². The highest BCUT2D eigenvalue weighted by atomic mass is 35.5. The number of halogens is 1. The van der Waals surface area contributed by atoms with Crippen molar-refractivity contribution in [1.82, 2.24) is 15.3 Å². The lowest BCUT2D eigenvalue weighted by molar-refractivity contribution is 0.199. The van der Waals surface area contributed by atoms with E-state index in [2.05, 4.69) is 15.3 Å². The number of benzene rings is 1. The SMILES string of the molecule is COCCNCc1cc(Cl)ccc1OCc1ncccn1. The third kappa shape index (κ3) is 5.30. The molecule has 0 unspecified atom stereocenters. The van der Waals surface area contributed by atoms with Crippen molar-refractivity contribution in [3.8, 4) is 5.75 Å². The van der Waals surface area contributed by atoms with Gasteiger partial charge in [0.15, 0.2) is 5.82 Å². The van der Waals surface area contributed by atoms with Crippen LogP contribution in [0.3, 0.4) is 0 Å². The average molecular weight is 308 g/mol. The maximum atomic E-state index is 6.04. The lowest BCUT2D eigenvalue weighted by atomic mass is 10.2. The van der Waals surface area contributed by atoms with Gasteiger partial charge in [-0.3, -0.25) is 0 Å². The third-order valence-corrected chi connectivity index (χ3v) is 3.03. The van der Waals surface area contributed by atoms with Gasteiger partial charge >= 0.3 is 0 Å². The lowest BCUT2D eigenvalue weighted by Gasteiger charge is -2.12. The summed E-state index contributed by atoms with van der Waals surface area (Å²) in [5, 5.41) is 3.96. The molecule has 2 rings (SSSR count). The van der Waals surface area contributed by atoms with E-state index in [1.54, 1.807) is 31.6 Å². The molecule has 0 saturated carbocycles. The molecule has 0 aliphatic heterocycles. The Balaban J connectivity index is 1.97. The molecule has 0 aliphatic carbocycles.